The maximum absolute atomic E-state index is 12.1. The van der Waals surface area contributed by atoms with Crippen LogP contribution in [0.1, 0.15) is 31.9 Å². The SMILES string of the molecule is CCOc1ccc(NC(=O)C(=O)NCC(C)(C)c2ccccc2C)cc1. The molecule has 5 nitrogen and oxygen atoms in total. The summed E-state index contributed by atoms with van der Waals surface area (Å²) in [6.45, 7) is 8.97. The number of aryl methyl sites for hydroxylation is 1. The Hall–Kier alpha value is -2.82. The molecule has 0 radical (unpaired) electrons. The topological polar surface area (TPSA) is 67.4 Å². The van der Waals surface area contributed by atoms with E-state index < -0.39 is 11.8 Å². The largest absolute Gasteiger partial charge is 0.494 e. The van der Waals surface area contributed by atoms with Crippen LogP contribution in [-0.4, -0.2) is 25.0 Å². The van der Waals surface area contributed by atoms with Crippen LogP contribution in [0.15, 0.2) is 48.5 Å². The second kappa shape index (κ2) is 8.52. The van der Waals surface area contributed by atoms with Crippen molar-refractivity contribution in [3.8, 4) is 5.75 Å². The number of ether oxygens (including phenoxy) is 1. The standard InChI is InChI=1S/C21H26N2O3/c1-5-26-17-12-10-16(11-13-17)23-20(25)19(24)22-14-21(3,4)18-9-7-6-8-15(18)2/h6-13H,5,14H2,1-4H3,(H,22,24)(H,23,25). The highest BCUT2D eigenvalue weighted by atomic mass is 16.5. The third-order valence-electron chi connectivity index (χ3n) is 4.19. The molecule has 2 N–H and O–H groups in total. The monoisotopic (exact) mass is 354 g/mol. The van der Waals surface area contributed by atoms with E-state index in [1.165, 1.54) is 0 Å². The molecular weight excluding hydrogens is 328 g/mol. The average Bonchev–Trinajstić information content (AvgIpc) is 2.62. The van der Waals surface area contributed by atoms with Crippen molar-refractivity contribution in [3.63, 3.8) is 0 Å². The molecule has 0 saturated carbocycles. The molecule has 0 aliphatic heterocycles. The van der Waals surface area contributed by atoms with Crippen molar-refractivity contribution >= 4 is 17.5 Å². The van der Waals surface area contributed by atoms with E-state index in [0.29, 0.717) is 18.8 Å². The van der Waals surface area contributed by atoms with Crippen LogP contribution >= 0.6 is 0 Å². The van der Waals surface area contributed by atoms with E-state index in [4.69, 9.17) is 4.74 Å². The Kier molecular flexibility index (Phi) is 6.39. The molecule has 2 amide bonds. The molecule has 138 valence electrons. The molecule has 26 heavy (non-hydrogen) atoms. The van der Waals surface area contributed by atoms with Crippen molar-refractivity contribution < 1.29 is 14.3 Å². The number of hydrogen-bond acceptors (Lipinski definition) is 3. The van der Waals surface area contributed by atoms with Gasteiger partial charge in [-0.1, -0.05) is 38.1 Å². The summed E-state index contributed by atoms with van der Waals surface area (Å²) in [6, 6.07) is 14.9. The Bertz CT molecular complexity index is 767. The lowest BCUT2D eigenvalue weighted by atomic mass is 9.82. The molecule has 0 spiro atoms. The summed E-state index contributed by atoms with van der Waals surface area (Å²) in [4.78, 5) is 24.2. The second-order valence-corrected chi connectivity index (χ2v) is 6.79. The molecule has 2 rings (SSSR count). The maximum atomic E-state index is 12.1. The zero-order chi connectivity index (χ0) is 19.2. The van der Waals surface area contributed by atoms with Crippen LogP contribution in [0, 0.1) is 6.92 Å². The minimum atomic E-state index is -0.685. The third-order valence-corrected chi connectivity index (χ3v) is 4.19. The molecule has 0 aliphatic rings. The summed E-state index contributed by atoms with van der Waals surface area (Å²) in [5, 5.41) is 5.32. The maximum Gasteiger partial charge on any atom is 0.313 e. The second-order valence-electron chi connectivity index (χ2n) is 6.79. The fourth-order valence-electron chi connectivity index (χ4n) is 2.80. The van der Waals surface area contributed by atoms with E-state index in [0.717, 1.165) is 16.9 Å². The first-order chi connectivity index (χ1) is 12.3. The van der Waals surface area contributed by atoms with Crippen LogP contribution in [0.25, 0.3) is 0 Å². The summed E-state index contributed by atoms with van der Waals surface area (Å²) >= 11 is 0. The summed E-state index contributed by atoms with van der Waals surface area (Å²) in [6.07, 6.45) is 0. The Morgan fingerprint density at radius 3 is 2.27 bits per heavy atom. The fourth-order valence-corrected chi connectivity index (χ4v) is 2.80. The molecule has 0 aliphatic carbocycles. The molecule has 0 saturated heterocycles. The minimum Gasteiger partial charge on any atom is -0.494 e. The number of carbonyl (C=O) groups excluding carboxylic acids is 2. The third kappa shape index (κ3) is 5.09. The van der Waals surface area contributed by atoms with Crippen molar-refractivity contribution in [1.82, 2.24) is 5.32 Å². The summed E-state index contributed by atoms with van der Waals surface area (Å²) < 4.78 is 5.35. The van der Waals surface area contributed by atoms with Gasteiger partial charge in [-0.05, 0) is 49.2 Å². The van der Waals surface area contributed by atoms with Gasteiger partial charge in [-0.15, -0.1) is 0 Å². The van der Waals surface area contributed by atoms with Gasteiger partial charge in [0.05, 0.1) is 6.61 Å². The van der Waals surface area contributed by atoms with Gasteiger partial charge >= 0.3 is 11.8 Å². The van der Waals surface area contributed by atoms with Crippen molar-refractivity contribution in [2.45, 2.75) is 33.1 Å². The van der Waals surface area contributed by atoms with Gasteiger partial charge in [0.1, 0.15) is 5.75 Å². The van der Waals surface area contributed by atoms with E-state index >= 15 is 0 Å². The zero-order valence-electron chi connectivity index (χ0n) is 15.8. The number of hydrogen-bond donors (Lipinski definition) is 2. The van der Waals surface area contributed by atoms with Crippen molar-refractivity contribution in [3.05, 3.63) is 59.7 Å². The number of nitrogens with one attached hydrogen (secondary N) is 2. The first kappa shape index (κ1) is 19.5. The fraction of sp³-hybridized carbons (Fsp3) is 0.333. The number of rotatable bonds is 6. The molecule has 0 bridgehead atoms. The number of benzene rings is 2. The molecule has 2 aromatic rings. The van der Waals surface area contributed by atoms with E-state index in [1.807, 2.05) is 52.0 Å². The van der Waals surface area contributed by atoms with Crippen LogP contribution < -0.4 is 15.4 Å². The van der Waals surface area contributed by atoms with Crippen LogP contribution in [0.2, 0.25) is 0 Å². The summed E-state index contributed by atoms with van der Waals surface area (Å²) in [7, 11) is 0. The normalized spacial score (nSPS) is 10.9. The van der Waals surface area contributed by atoms with E-state index in [-0.39, 0.29) is 5.41 Å². The lowest BCUT2D eigenvalue weighted by Gasteiger charge is -2.27. The van der Waals surface area contributed by atoms with E-state index in [9.17, 15) is 9.59 Å². The summed E-state index contributed by atoms with van der Waals surface area (Å²) in [5.41, 5.74) is 2.57. The Balaban J connectivity index is 1.92. The molecule has 0 atom stereocenters. The van der Waals surface area contributed by atoms with Gasteiger partial charge < -0.3 is 15.4 Å². The van der Waals surface area contributed by atoms with Gasteiger partial charge in [0.15, 0.2) is 0 Å². The highest BCUT2D eigenvalue weighted by Gasteiger charge is 2.24. The Morgan fingerprint density at radius 2 is 1.65 bits per heavy atom. The van der Waals surface area contributed by atoms with Gasteiger partial charge in [0.2, 0.25) is 0 Å². The van der Waals surface area contributed by atoms with Gasteiger partial charge in [-0.2, -0.15) is 0 Å². The highest BCUT2D eigenvalue weighted by Crippen LogP contribution is 2.25. The van der Waals surface area contributed by atoms with E-state index in [1.54, 1.807) is 24.3 Å². The number of anilines is 1. The molecule has 0 heterocycles. The predicted octanol–water partition coefficient (Wildman–Crippen LogP) is 3.43. The molecule has 2 aromatic carbocycles. The van der Waals surface area contributed by atoms with Crippen LogP contribution in [0.4, 0.5) is 5.69 Å². The van der Waals surface area contributed by atoms with Crippen LogP contribution in [0.3, 0.4) is 0 Å². The first-order valence-corrected chi connectivity index (χ1v) is 8.71. The number of carbonyl (C=O) groups is 2. The predicted molar refractivity (Wildman–Crippen MR) is 103 cm³/mol. The van der Waals surface area contributed by atoms with E-state index in [2.05, 4.69) is 10.6 Å². The van der Waals surface area contributed by atoms with Gasteiger partial charge in [0, 0.05) is 17.6 Å². The highest BCUT2D eigenvalue weighted by molar-refractivity contribution is 6.39. The first-order valence-electron chi connectivity index (χ1n) is 8.71. The average molecular weight is 354 g/mol. The van der Waals surface area contributed by atoms with Crippen LogP contribution in [-0.2, 0) is 15.0 Å². The van der Waals surface area contributed by atoms with Crippen LogP contribution in [0.5, 0.6) is 5.75 Å². The number of amides is 2. The quantitative estimate of drug-likeness (QED) is 0.781. The molecular formula is C21H26N2O3. The molecule has 0 fully saturated rings. The van der Waals surface area contributed by atoms with Crippen molar-refractivity contribution in [1.29, 1.82) is 0 Å². The van der Waals surface area contributed by atoms with Gasteiger partial charge in [-0.25, -0.2) is 0 Å². The smallest absolute Gasteiger partial charge is 0.313 e. The zero-order valence-corrected chi connectivity index (χ0v) is 15.8. The Morgan fingerprint density at radius 1 is 1.00 bits per heavy atom. The molecule has 0 aromatic heterocycles. The summed E-state index contributed by atoms with van der Waals surface area (Å²) in [5.74, 6) is -0.620. The van der Waals surface area contributed by atoms with Crippen molar-refractivity contribution in [2.24, 2.45) is 0 Å². The van der Waals surface area contributed by atoms with Gasteiger partial charge in [0.25, 0.3) is 0 Å². The van der Waals surface area contributed by atoms with Crippen molar-refractivity contribution in [2.75, 3.05) is 18.5 Å². The molecule has 0 unspecified atom stereocenters. The lowest BCUT2D eigenvalue weighted by molar-refractivity contribution is -0.136. The Labute approximate surface area is 154 Å². The lowest BCUT2D eigenvalue weighted by Crippen LogP contribution is -2.42. The minimum absolute atomic E-state index is 0.277. The van der Waals surface area contributed by atoms with Gasteiger partial charge in [-0.3, -0.25) is 9.59 Å². The molecule has 5 heteroatoms.